The molecule has 0 unspecified atom stereocenters. The fraction of sp³-hybridized carbons (Fsp3) is 0.350. The van der Waals surface area contributed by atoms with Gasteiger partial charge in [-0.3, -0.25) is 9.78 Å². The zero-order valence-electron chi connectivity index (χ0n) is 14.9. The quantitative estimate of drug-likeness (QED) is 0.723. The largest absolute Gasteiger partial charge is 0.338 e. The number of amides is 1. The fourth-order valence-electron chi connectivity index (χ4n) is 3.85. The number of carbonyl (C=O) groups excluding carboxylic acids is 1. The van der Waals surface area contributed by atoms with Gasteiger partial charge in [0.2, 0.25) is 0 Å². The van der Waals surface area contributed by atoms with Crippen LogP contribution < -0.4 is 0 Å². The van der Waals surface area contributed by atoms with E-state index >= 15 is 0 Å². The van der Waals surface area contributed by atoms with E-state index < -0.39 is 0 Å². The number of pyridine rings is 1. The maximum absolute atomic E-state index is 12.9. The number of aryl methyl sites for hydroxylation is 3. The Morgan fingerprint density at radius 3 is 2.68 bits per heavy atom. The molecule has 1 fully saturated rings. The topological polar surface area (TPSA) is 51.0 Å². The first-order valence-corrected chi connectivity index (χ1v) is 8.67. The molecule has 25 heavy (non-hydrogen) atoms. The number of hydrogen-bond acceptors (Lipinski definition) is 3. The molecule has 5 nitrogen and oxygen atoms in total. The van der Waals surface area contributed by atoms with E-state index in [0.29, 0.717) is 0 Å². The maximum Gasteiger partial charge on any atom is 0.253 e. The zero-order chi connectivity index (χ0) is 17.6. The van der Waals surface area contributed by atoms with Gasteiger partial charge in [-0.2, -0.15) is 0 Å². The van der Waals surface area contributed by atoms with Crippen LogP contribution in [0.4, 0.5) is 0 Å². The number of benzene rings is 1. The average molecular weight is 334 g/mol. The Bertz CT molecular complexity index is 939. The Kier molecular flexibility index (Phi) is 3.79. The van der Waals surface area contributed by atoms with Crippen LogP contribution in [0.25, 0.3) is 11.0 Å². The summed E-state index contributed by atoms with van der Waals surface area (Å²) < 4.78 is 2.11. The van der Waals surface area contributed by atoms with E-state index in [4.69, 9.17) is 4.98 Å². The van der Waals surface area contributed by atoms with Crippen LogP contribution in [0.1, 0.15) is 39.6 Å². The van der Waals surface area contributed by atoms with Gasteiger partial charge in [0.05, 0.1) is 17.2 Å². The molecular weight excluding hydrogens is 312 g/mol. The normalized spacial score (nSPS) is 17.4. The van der Waals surface area contributed by atoms with Crippen LogP contribution >= 0.6 is 0 Å². The predicted octanol–water partition coefficient (Wildman–Crippen LogP) is 3.21. The summed E-state index contributed by atoms with van der Waals surface area (Å²) in [7, 11) is 2.03. The molecule has 128 valence electrons. The molecule has 0 spiro atoms. The van der Waals surface area contributed by atoms with E-state index in [1.54, 1.807) is 6.20 Å². The highest BCUT2D eigenvalue weighted by Gasteiger charge is 2.31. The summed E-state index contributed by atoms with van der Waals surface area (Å²) in [6.45, 7) is 5.56. The summed E-state index contributed by atoms with van der Waals surface area (Å²) in [6.07, 6.45) is 4.56. The Labute approximate surface area is 147 Å². The van der Waals surface area contributed by atoms with E-state index in [-0.39, 0.29) is 11.8 Å². The fourth-order valence-corrected chi connectivity index (χ4v) is 3.85. The lowest BCUT2D eigenvalue weighted by molar-refractivity contribution is 0.0790. The van der Waals surface area contributed by atoms with E-state index in [1.807, 2.05) is 50.2 Å². The molecule has 3 aromatic rings. The summed E-state index contributed by atoms with van der Waals surface area (Å²) in [5.74, 6) is 1.43. The first kappa shape index (κ1) is 15.8. The summed E-state index contributed by atoms with van der Waals surface area (Å²) in [5.41, 5.74) is 5.04. The van der Waals surface area contributed by atoms with Gasteiger partial charge in [-0.1, -0.05) is 17.2 Å². The van der Waals surface area contributed by atoms with Gasteiger partial charge in [0.25, 0.3) is 5.91 Å². The number of likely N-dealkylation sites (tertiary alicyclic amines) is 1. The second-order valence-electron chi connectivity index (χ2n) is 7.01. The van der Waals surface area contributed by atoms with Crippen molar-refractivity contribution in [2.75, 3.05) is 13.1 Å². The van der Waals surface area contributed by atoms with Gasteiger partial charge in [0.1, 0.15) is 5.82 Å². The van der Waals surface area contributed by atoms with E-state index in [1.165, 1.54) is 0 Å². The van der Waals surface area contributed by atoms with Crippen molar-refractivity contribution < 1.29 is 4.79 Å². The minimum atomic E-state index is 0.120. The molecule has 4 rings (SSSR count). The summed E-state index contributed by atoms with van der Waals surface area (Å²) in [5, 5.41) is 0. The van der Waals surface area contributed by atoms with Crippen molar-refractivity contribution in [3.63, 3.8) is 0 Å². The molecule has 1 amide bonds. The van der Waals surface area contributed by atoms with Crippen molar-refractivity contribution >= 4 is 16.9 Å². The Hall–Kier alpha value is -2.69. The molecule has 1 aliphatic heterocycles. The van der Waals surface area contributed by atoms with Crippen molar-refractivity contribution in [3.05, 3.63) is 59.2 Å². The molecule has 1 saturated heterocycles. The molecular formula is C20H22N4O. The predicted molar refractivity (Wildman–Crippen MR) is 97.7 cm³/mol. The Morgan fingerprint density at radius 1 is 1.20 bits per heavy atom. The first-order chi connectivity index (χ1) is 12.0. The monoisotopic (exact) mass is 334 g/mol. The van der Waals surface area contributed by atoms with Gasteiger partial charge < -0.3 is 9.47 Å². The summed E-state index contributed by atoms with van der Waals surface area (Å²) >= 11 is 0. The van der Waals surface area contributed by atoms with E-state index in [0.717, 1.165) is 53.1 Å². The van der Waals surface area contributed by atoms with Gasteiger partial charge in [-0.25, -0.2) is 4.98 Å². The molecule has 2 aromatic heterocycles. The van der Waals surface area contributed by atoms with Crippen molar-refractivity contribution in [1.29, 1.82) is 0 Å². The maximum atomic E-state index is 12.9. The van der Waals surface area contributed by atoms with Gasteiger partial charge in [0, 0.05) is 37.8 Å². The van der Waals surface area contributed by atoms with Gasteiger partial charge in [0.15, 0.2) is 0 Å². The van der Waals surface area contributed by atoms with E-state index in [9.17, 15) is 4.79 Å². The lowest BCUT2D eigenvalue weighted by Gasteiger charge is -2.17. The first-order valence-electron chi connectivity index (χ1n) is 8.67. The second-order valence-corrected chi connectivity index (χ2v) is 7.01. The van der Waals surface area contributed by atoms with Gasteiger partial charge in [-0.15, -0.1) is 0 Å². The number of carbonyl (C=O) groups is 1. The van der Waals surface area contributed by atoms with Gasteiger partial charge in [-0.05, 0) is 38.5 Å². The van der Waals surface area contributed by atoms with Crippen LogP contribution in [-0.2, 0) is 7.05 Å². The van der Waals surface area contributed by atoms with Crippen LogP contribution in [0.5, 0.6) is 0 Å². The van der Waals surface area contributed by atoms with Crippen molar-refractivity contribution in [1.82, 2.24) is 19.4 Å². The standard InChI is InChI=1S/C20H22N4O/c1-13-8-14(2)10-16(9-13)20(25)24-7-5-15(12-24)19-22-17-4-6-21-11-18(17)23(19)3/h4,6,8-11,15H,5,7,12H2,1-3H3/t15-/m1/s1. The molecule has 0 saturated carbocycles. The van der Waals surface area contributed by atoms with E-state index in [2.05, 4.69) is 15.6 Å². The molecule has 3 heterocycles. The average Bonchev–Trinajstić information content (AvgIpc) is 3.19. The zero-order valence-corrected chi connectivity index (χ0v) is 14.9. The number of rotatable bonds is 2. The highest BCUT2D eigenvalue weighted by Crippen LogP contribution is 2.29. The third-order valence-electron chi connectivity index (χ3n) is 5.03. The summed E-state index contributed by atoms with van der Waals surface area (Å²) in [6, 6.07) is 7.98. The molecule has 5 heteroatoms. The molecule has 0 aliphatic carbocycles. The van der Waals surface area contributed by atoms with Crippen LogP contribution in [0.3, 0.4) is 0 Å². The third kappa shape index (κ3) is 2.80. The van der Waals surface area contributed by atoms with Gasteiger partial charge >= 0.3 is 0 Å². The van der Waals surface area contributed by atoms with Crippen LogP contribution in [0, 0.1) is 13.8 Å². The highest BCUT2D eigenvalue weighted by atomic mass is 16.2. The van der Waals surface area contributed by atoms with Crippen LogP contribution in [-0.4, -0.2) is 38.4 Å². The number of nitrogens with zero attached hydrogens (tertiary/aromatic N) is 4. The van der Waals surface area contributed by atoms with Crippen molar-refractivity contribution in [3.8, 4) is 0 Å². The molecule has 0 radical (unpaired) electrons. The lowest BCUT2D eigenvalue weighted by atomic mass is 10.1. The summed E-state index contributed by atoms with van der Waals surface area (Å²) in [4.78, 5) is 23.8. The molecule has 1 atom stereocenters. The molecule has 0 N–H and O–H groups in total. The lowest BCUT2D eigenvalue weighted by Crippen LogP contribution is -2.28. The highest BCUT2D eigenvalue weighted by molar-refractivity contribution is 5.94. The number of aromatic nitrogens is 3. The van der Waals surface area contributed by atoms with Crippen molar-refractivity contribution in [2.24, 2.45) is 7.05 Å². The minimum absolute atomic E-state index is 0.120. The second kappa shape index (κ2) is 5.99. The Morgan fingerprint density at radius 2 is 1.96 bits per heavy atom. The van der Waals surface area contributed by atoms with Crippen LogP contribution in [0.2, 0.25) is 0 Å². The van der Waals surface area contributed by atoms with Crippen molar-refractivity contribution in [2.45, 2.75) is 26.2 Å². The minimum Gasteiger partial charge on any atom is -0.338 e. The number of fused-ring (bicyclic) bond motifs is 1. The molecule has 0 bridgehead atoms. The molecule has 1 aliphatic rings. The Balaban J connectivity index is 1.58. The number of hydrogen-bond donors (Lipinski definition) is 0. The SMILES string of the molecule is Cc1cc(C)cc(C(=O)N2CC[C@@H](c3nc4ccncc4n3C)C2)c1. The smallest absolute Gasteiger partial charge is 0.253 e. The molecule has 1 aromatic carbocycles. The van der Waals surface area contributed by atoms with Crippen LogP contribution in [0.15, 0.2) is 36.7 Å². The number of imidazole rings is 1. The third-order valence-corrected chi connectivity index (χ3v) is 5.03.